The monoisotopic (exact) mass is 157 g/mol. The van der Waals surface area contributed by atoms with Gasteiger partial charge in [0.2, 0.25) is 0 Å². The molecule has 0 N–H and O–H groups in total. The summed E-state index contributed by atoms with van der Waals surface area (Å²) in [7, 11) is 3.55. The highest BCUT2D eigenvalue weighted by atomic mass is 16.6. The van der Waals surface area contributed by atoms with E-state index in [9.17, 15) is 10.1 Å². The van der Waals surface area contributed by atoms with Crippen molar-refractivity contribution < 1.29 is 4.92 Å². The van der Waals surface area contributed by atoms with Crippen molar-refractivity contribution in [2.75, 3.05) is 20.8 Å². The first-order chi connectivity index (χ1) is 5.04. The molecule has 62 valence electrons. The van der Waals surface area contributed by atoms with E-state index in [0.717, 1.165) is 5.70 Å². The molecular formula is C6H11N3O2. The first-order valence-corrected chi connectivity index (χ1v) is 3.31. The first kappa shape index (κ1) is 7.84. The molecule has 0 saturated heterocycles. The molecule has 0 aliphatic carbocycles. The van der Waals surface area contributed by atoms with E-state index in [1.165, 1.54) is 0 Å². The number of nitrogens with zero attached hydrogens (tertiary/aromatic N) is 3. The molecule has 1 rings (SSSR count). The zero-order valence-electron chi connectivity index (χ0n) is 6.87. The molecular weight excluding hydrogens is 146 g/mol. The summed E-state index contributed by atoms with van der Waals surface area (Å²) in [6.07, 6.45) is 0. The lowest BCUT2D eigenvalue weighted by molar-refractivity contribution is -0.444. The summed E-state index contributed by atoms with van der Waals surface area (Å²) in [6, 6.07) is 0. The van der Waals surface area contributed by atoms with Gasteiger partial charge in [0.25, 0.3) is 0 Å². The molecule has 0 aromatic carbocycles. The second-order valence-electron chi connectivity index (χ2n) is 2.70. The van der Waals surface area contributed by atoms with Crippen LogP contribution in [0.4, 0.5) is 0 Å². The first-order valence-electron chi connectivity index (χ1n) is 3.31. The lowest BCUT2D eigenvalue weighted by atomic mass is 10.5. The maximum absolute atomic E-state index is 10.4. The lowest BCUT2D eigenvalue weighted by Crippen LogP contribution is -2.23. The molecule has 0 aromatic rings. The number of rotatable bonds is 1. The topological polar surface area (TPSA) is 49.6 Å². The Bertz CT molecular complexity index is 224. The Balaban J connectivity index is 2.97. The predicted octanol–water partition coefficient (Wildman–Crippen LogP) is 0.287. The van der Waals surface area contributed by atoms with Crippen molar-refractivity contribution in [2.45, 2.75) is 6.92 Å². The second kappa shape index (κ2) is 2.41. The molecule has 0 aromatic heterocycles. The molecule has 0 spiro atoms. The Morgan fingerprint density at radius 1 is 1.45 bits per heavy atom. The Hall–Kier alpha value is -1.26. The van der Waals surface area contributed by atoms with Crippen molar-refractivity contribution >= 4 is 0 Å². The lowest BCUT2D eigenvalue weighted by Gasteiger charge is -2.08. The van der Waals surface area contributed by atoms with Crippen molar-refractivity contribution in [3.8, 4) is 0 Å². The van der Waals surface area contributed by atoms with Crippen molar-refractivity contribution in [3.05, 3.63) is 21.6 Å². The predicted molar refractivity (Wildman–Crippen MR) is 40.1 cm³/mol. The quantitative estimate of drug-likeness (QED) is 0.405. The Kier molecular flexibility index (Phi) is 1.72. The number of allylic oxidation sites excluding steroid dienone is 1. The molecule has 0 atom stereocenters. The molecule has 0 fully saturated rings. The third-order valence-corrected chi connectivity index (χ3v) is 1.85. The minimum atomic E-state index is -0.348. The number of nitro groups is 1. The van der Waals surface area contributed by atoms with Crippen molar-refractivity contribution in [1.29, 1.82) is 0 Å². The van der Waals surface area contributed by atoms with Gasteiger partial charge in [-0.3, -0.25) is 0 Å². The zero-order chi connectivity index (χ0) is 8.59. The summed E-state index contributed by atoms with van der Waals surface area (Å²) in [5.74, 6) is 0.201. The molecule has 0 bridgehead atoms. The van der Waals surface area contributed by atoms with Gasteiger partial charge in [-0.15, -0.1) is 0 Å². The number of hydrogen-bond acceptors (Lipinski definition) is 4. The highest BCUT2D eigenvalue weighted by Crippen LogP contribution is 2.19. The van der Waals surface area contributed by atoms with Crippen LogP contribution in [0.3, 0.4) is 0 Å². The maximum Gasteiger partial charge on any atom is 0.338 e. The van der Waals surface area contributed by atoms with Crippen LogP contribution in [0, 0.1) is 10.1 Å². The maximum atomic E-state index is 10.4. The van der Waals surface area contributed by atoms with Gasteiger partial charge in [0.1, 0.15) is 5.70 Å². The normalized spacial score (nSPS) is 18.1. The van der Waals surface area contributed by atoms with E-state index in [1.54, 1.807) is 18.9 Å². The molecule has 1 aliphatic rings. The van der Waals surface area contributed by atoms with Gasteiger partial charge in [0, 0.05) is 7.05 Å². The second-order valence-corrected chi connectivity index (χ2v) is 2.70. The summed E-state index contributed by atoms with van der Waals surface area (Å²) in [6.45, 7) is 2.35. The highest BCUT2D eigenvalue weighted by molar-refractivity contribution is 5.07. The van der Waals surface area contributed by atoms with Crippen LogP contribution >= 0.6 is 0 Å². The summed E-state index contributed by atoms with van der Waals surface area (Å²) < 4.78 is 0. The fourth-order valence-electron chi connectivity index (χ4n) is 1.21. The average molecular weight is 157 g/mol. The SMILES string of the molecule is CC1=C([N+](=O)[O-])N(C)CN1C. The van der Waals surface area contributed by atoms with Crippen LogP contribution in [0.5, 0.6) is 0 Å². The average Bonchev–Trinajstić information content (AvgIpc) is 2.07. The zero-order valence-corrected chi connectivity index (χ0v) is 6.87. The standard InChI is InChI=1S/C6H11N3O2/c1-5-6(9(10)11)8(3)4-7(5)2/h4H2,1-3H3. The van der Waals surface area contributed by atoms with E-state index >= 15 is 0 Å². The van der Waals surface area contributed by atoms with Gasteiger partial charge < -0.3 is 15.0 Å². The van der Waals surface area contributed by atoms with Crippen LogP contribution in [-0.4, -0.2) is 35.5 Å². The Morgan fingerprint density at radius 2 is 2.00 bits per heavy atom. The largest absolute Gasteiger partial charge is 0.358 e. The third-order valence-electron chi connectivity index (χ3n) is 1.85. The summed E-state index contributed by atoms with van der Waals surface area (Å²) >= 11 is 0. The van der Waals surface area contributed by atoms with E-state index in [4.69, 9.17) is 0 Å². The molecule has 1 heterocycles. The Morgan fingerprint density at radius 3 is 2.18 bits per heavy atom. The van der Waals surface area contributed by atoms with Crippen LogP contribution < -0.4 is 0 Å². The van der Waals surface area contributed by atoms with E-state index in [2.05, 4.69) is 0 Å². The van der Waals surface area contributed by atoms with Gasteiger partial charge in [-0.2, -0.15) is 0 Å². The molecule has 0 saturated carbocycles. The Labute approximate surface area is 65.0 Å². The van der Waals surface area contributed by atoms with Gasteiger partial charge in [0.15, 0.2) is 6.67 Å². The molecule has 5 heteroatoms. The van der Waals surface area contributed by atoms with E-state index in [0.29, 0.717) is 6.67 Å². The number of hydrogen-bond donors (Lipinski definition) is 0. The van der Waals surface area contributed by atoms with Gasteiger partial charge in [-0.1, -0.05) is 0 Å². The fourth-order valence-corrected chi connectivity index (χ4v) is 1.21. The van der Waals surface area contributed by atoms with Crippen LogP contribution in [0.2, 0.25) is 0 Å². The minimum Gasteiger partial charge on any atom is -0.358 e. The van der Waals surface area contributed by atoms with Crippen LogP contribution in [-0.2, 0) is 0 Å². The van der Waals surface area contributed by atoms with Gasteiger partial charge in [0.05, 0.1) is 7.05 Å². The van der Waals surface area contributed by atoms with E-state index in [-0.39, 0.29) is 10.7 Å². The molecule has 0 radical (unpaired) electrons. The fraction of sp³-hybridized carbons (Fsp3) is 0.667. The van der Waals surface area contributed by atoms with Crippen molar-refractivity contribution in [2.24, 2.45) is 0 Å². The third kappa shape index (κ3) is 1.13. The van der Waals surface area contributed by atoms with Crippen LogP contribution in [0.15, 0.2) is 11.5 Å². The molecule has 0 amide bonds. The van der Waals surface area contributed by atoms with Crippen molar-refractivity contribution in [1.82, 2.24) is 9.80 Å². The van der Waals surface area contributed by atoms with Crippen molar-refractivity contribution in [3.63, 3.8) is 0 Å². The molecule has 5 nitrogen and oxygen atoms in total. The van der Waals surface area contributed by atoms with Gasteiger partial charge >= 0.3 is 5.82 Å². The van der Waals surface area contributed by atoms with E-state index < -0.39 is 0 Å². The smallest absolute Gasteiger partial charge is 0.338 e. The van der Waals surface area contributed by atoms with E-state index in [1.807, 2.05) is 11.9 Å². The highest BCUT2D eigenvalue weighted by Gasteiger charge is 2.30. The summed E-state index contributed by atoms with van der Waals surface area (Å²) in [5, 5.41) is 10.4. The summed E-state index contributed by atoms with van der Waals surface area (Å²) in [4.78, 5) is 13.6. The molecule has 11 heavy (non-hydrogen) atoms. The van der Waals surface area contributed by atoms with Crippen LogP contribution in [0.1, 0.15) is 6.92 Å². The summed E-state index contributed by atoms with van der Waals surface area (Å²) in [5.41, 5.74) is 0.720. The molecule has 1 aliphatic heterocycles. The molecule has 0 unspecified atom stereocenters. The van der Waals surface area contributed by atoms with Gasteiger partial charge in [-0.05, 0) is 11.8 Å². The minimum absolute atomic E-state index is 0.201. The van der Waals surface area contributed by atoms with Crippen LogP contribution in [0.25, 0.3) is 0 Å². The van der Waals surface area contributed by atoms with Gasteiger partial charge in [-0.25, -0.2) is 4.90 Å².